The van der Waals surface area contributed by atoms with Gasteiger partial charge < -0.3 is 10.6 Å². The third kappa shape index (κ3) is 3.97. The first-order valence-corrected chi connectivity index (χ1v) is 6.18. The van der Waals surface area contributed by atoms with Gasteiger partial charge in [-0.05, 0) is 44.2 Å². The van der Waals surface area contributed by atoms with Gasteiger partial charge in [0.05, 0.1) is 0 Å². The molecule has 0 aromatic carbocycles. The molecule has 2 heteroatoms. The summed E-state index contributed by atoms with van der Waals surface area (Å²) in [7, 11) is 0. The molecule has 1 aliphatic heterocycles. The quantitative estimate of drug-likeness (QED) is 0.733. The first-order chi connectivity index (χ1) is 6.76. The second-order valence-electron chi connectivity index (χ2n) is 4.86. The van der Waals surface area contributed by atoms with E-state index in [2.05, 4.69) is 18.7 Å². The van der Waals surface area contributed by atoms with Gasteiger partial charge in [0.1, 0.15) is 0 Å². The van der Waals surface area contributed by atoms with E-state index in [-0.39, 0.29) is 0 Å². The second kappa shape index (κ2) is 6.41. The van der Waals surface area contributed by atoms with Crippen LogP contribution in [0.1, 0.15) is 39.5 Å². The highest BCUT2D eigenvalue weighted by molar-refractivity contribution is 4.74. The Labute approximate surface area is 88.8 Å². The van der Waals surface area contributed by atoms with Gasteiger partial charge in [0.2, 0.25) is 0 Å². The molecule has 1 fully saturated rings. The van der Waals surface area contributed by atoms with Crippen molar-refractivity contribution in [2.75, 3.05) is 26.2 Å². The third-order valence-electron chi connectivity index (χ3n) is 3.44. The normalized spacial score (nSPS) is 26.4. The monoisotopic (exact) mass is 198 g/mol. The standard InChI is InChI=1S/C12H26N2/c1-3-11(2)9-14-8-4-5-12(10-14)6-7-13/h11-12H,3-10,13H2,1-2H3. The van der Waals surface area contributed by atoms with Crippen LogP contribution in [0.3, 0.4) is 0 Å². The summed E-state index contributed by atoms with van der Waals surface area (Å²) in [6, 6.07) is 0. The zero-order valence-corrected chi connectivity index (χ0v) is 9.84. The fourth-order valence-corrected chi connectivity index (χ4v) is 2.36. The Morgan fingerprint density at radius 2 is 2.29 bits per heavy atom. The maximum Gasteiger partial charge on any atom is 0.00103 e. The van der Waals surface area contributed by atoms with E-state index < -0.39 is 0 Å². The molecule has 1 saturated heterocycles. The summed E-state index contributed by atoms with van der Waals surface area (Å²) >= 11 is 0. The van der Waals surface area contributed by atoms with Gasteiger partial charge in [-0.3, -0.25) is 0 Å². The molecule has 0 bridgehead atoms. The lowest BCUT2D eigenvalue weighted by Gasteiger charge is -2.34. The van der Waals surface area contributed by atoms with Crippen LogP contribution in [0.2, 0.25) is 0 Å². The SMILES string of the molecule is CCC(C)CN1CCCC(CCN)C1. The van der Waals surface area contributed by atoms with Crippen LogP contribution in [-0.2, 0) is 0 Å². The number of hydrogen-bond donors (Lipinski definition) is 1. The van der Waals surface area contributed by atoms with Crippen molar-refractivity contribution in [1.82, 2.24) is 4.90 Å². The lowest BCUT2D eigenvalue weighted by atomic mass is 9.94. The lowest BCUT2D eigenvalue weighted by Crippen LogP contribution is -2.38. The van der Waals surface area contributed by atoms with Gasteiger partial charge in [-0.2, -0.15) is 0 Å². The van der Waals surface area contributed by atoms with Crippen molar-refractivity contribution in [3.8, 4) is 0 Å². The van der Waals surface area contributed by atoms with E-state index in [0.717, 1.165) is 18.4 Å². The average Bonchev–Trinajstić information content (AvgIpc) is 2.19. The zero-order chi connectivity index (χ0) is 10.4. The highest BCUT2D eigenvalue weighted by Gasteiger charge is 2.19. The van der Waals surface area contributed by atoms with Crippen molar-refractivity contribution in [2.45, 2.75) is 39.5 Å². The summed E-state index contributed by atoms with van der Waals surface area (Å²) in [5, 5.41) is 0. The predicted molar refractivity (Wildman–Crippen MR) is 62.3 cm³/mol. The summed E-state index contributed by atoms with van der Waals surface area (Å²) in [5.41, 5.74) is 5.61. The summed E-state index contributed by atoms with van der Waals surface area (Å²) in [6.45, 7) is 9.39. The van der Waals surface area contributed by atoms with Crippen LogP contribution in [0.4, 0.5) is 0 Å². The Morgan fingerprint density at radius 3 is 2.93 bits per heavy atom. The highest BCUT2D eigenvalue weighted by Crippen LogP contribution is 2.20. The molecule has 2 N–H and O–H groups in total. The summed E-state index contributed by atoms with van der Waals surface area (Å²) < 4.78 is 0. The van der Waals surface area contributed by atoms with E-state index in [0.29, 0.717) is 0 Å². The molecule has 0 aliphatic carbocycles. The number of hydrogen-bond acceptors (Lipinski definition) is 2. The minimum Gasteiger partial charge on any atom is -0.330 e. The van der Waals surface area contributed by atoms with Gasteiger partial charge in [-0.1, -0.05) is 20.3 Å². The van der Waals surface area contributed by atoms with Crippen LogP contribution in [0, 0.1) is 11.8 Å². The van der Waals surface area contributed by atoms with Crippen molar-refractivity contribution in [2.24, 2.45) is 17.6 Å². The second-order valence-corrected chi connectivity index (χ2v) is 4.86. The molecule has 1 heterocycles. The van der Waals surface area contributed by atoms with E-state index in [4.69, 9.17) is 5.73 Å². The van der Waals surface area contributed by atoms with E-state index in [9.17, 15) is 0 Å². The first kappa shape index (κ1) is 12.0. The topological polar surface area (TPSA) is 29.3 Å². The molecule has 2 unspecified atom stereocenters. The van der Waals surface area contributed by atoms with Gasteiger partial charge in [0.15, 0.2) is 0 Å². The molecule has 2 atom stereocenters. The van der Waals surface area contributed by atoms with Crippen LogP contribution in [0.25, 0.3) is 0 Å². The van der Waals surface area contributed by atoms with Crippen molar-refractivity contribution < 1.29 is 0 Å². The Morgan fingerprint density at radius 1 is 1.50 bits per heavy atom. The van der Waals surface area contributed by atoms with Crippen LogP contribution in [0.15, 0.2) is 0 Å². The van der Waals surface area contributed by atoms with Crippen LogP contribution in [-0.4, -0.2) is 31.1 Å². The van der Waals surface area contributed by atoms with E-state index >= 15 is 0 Å². The molecule has 0 spiro atoms. The molecule has 0 aromatic heterocycles. The van der Waals surface area contributed by atoms with Crippen LogP contribution < -0.4 is 5.73 Å². The average molecular weight is 198 g/mol. The Bertz CT molecular complexity index is 145. The van der Waals surface area contributed by atoms with Crippen molar-refractivity contribution in [1.29, 1.82) is 0 Å². The molecule has 0 saturated carbocycles. The number of piperidine rings is 1. The van der Waals surface area contributed by atoms with Crippen LogP contribution >= 0.6 is 0 Å². The molecule has 0 aromatic rings. The Balaban J connectivity index is 2.25. The minimum atomic E-state index is 0.853. The largest absolute Gasteiger partial charge is 0.330 e. The fraction of sp³-hybridized carbons (Fsp3) is 1.00. The van der Waals surface area contributed by atoms with E-state index in [1.165, 1.54) is 45.3 Å². The molecule has 1 aliphatic rings. The highest BCUT2D eigenvalue weighted by atomic mass is 15.1. The molecule has 14 heavy (non-hydrogen) atoms. The molecule has 1 rings (SSSR count). The van der Waals surface area contributed by atoms with Crippen molar-refractivity contribution in [3.63, 3.8) is 0 Å². The van der Waals surface area contributed by atoms with Crippen molar-refractivity contribution in [3.05, 3.63) is 0 Å². The first-order valence-electron chi connectivity index (χ1n) is 6.18. The molecule has 0 radical (unpaired) electrons. The maximum absolute atomic E-state index is 5.61. The summed E-state index contributed by atoms with van der Waals surface area (Å²) in [5.74, 6) is 1.73. The van der Waals surface area contributed by atoms with Gasteiger partial charge >= 0.3 is 0 Å². The summed E-state index contributed by atoms with van der Waals surface area (Å²) in [4.78, 5) is 2.64. The van der Waals surface area contributed by atoms with E-state index in [1.54, 1.807) is 0 Å². The lowest BCUT2D eigenvalue weighted by molar-refractivity contribution is 0.150. The maximum atomic E-state index is 5.61. The van der Waals surface area contributed by atoms with E-state index in [1.807, 2.05) is 0 Å². The van der Waals surface area contributed by atoms with Gasteiger partial charge in [0, 0.05) is 13.1 Å². The zero-order valence-electron chi connectivity index (χ0n) is 9.84. The van der Waals surface area contributed by atoms with Gasteiger partial charge in [-0.25, -0.2) is 0 Å². The fourth-order valence-electron chi connectivity index (χ4n) is 2.36. The van der Waals surface area contributed by atoms with Crippen LogP contribution in [0.5, 0.6) is 0 Å². The predicted octanol–water partition coefficient (Wildman–Crippen LogP) is 2.09. The Kier molecular flexibility index (Phi) is 5.49. The molecular formula is C12H26N2. The Hall–Kier alpha value is -0.0800. The number of nitrogens with two attached hydrogens (primary N) is 1. The molecule has 84 valence electrons. The third-order valence-corrected chi connectivity index (χ3v) is 3.44. The smallest absolute Gasteiger partial charge is 0.00103 e. The number of nitrogens with zero attached hydrogens (tertiary/aromatic N) is 1. The van der Waals surface area contributed by atoms with Gasteiger partial charge in [0.25, 0.3) is 0 Å². The van der Waals surface area contributed by atoms with Gasteiger partial charge in [-0.15, -0.1) is 0 Å². The summed E-state index contributed by atoms with van der Waals surface area (Å²) in [6.07, 6.45) is 5.30. The minimum absolute atomic E-state index is 0.853. The number of likely N-dealkylation sites (tertiary alicyclic amines) is 1. The molecular weight excluding hydrogens is 172 g/mol. The molecule has 2 nitrogen and oxygen atoms in total. The molecule has 0 amide bonds. The number of rotatable bonds is 5. The van der Waals surface area contributed by atoms with Crippen molar-refractivity contribution >= 4 is 0 Å².